The van der Waals surface area contributed by atoms with Gasteiger partial charge in [-0.2, -0.15) is 5.26 Å². The van der Waals surface area contributed by atoms with E-state index in [1.807, 2.05) is 6.07 Å². The first-order valence-corrected chi connectivity index (χ1v) is 5.60. The van der Waals surface area contributed by atoms with E-state index in [1.54, 1.807) is 6.07 Å². The average molecular weight is 234 g/mol. The number of aromatic nitrogens is 1. The van der Waals surface area contributed by atoms with Gasteiger partial charge in [0.05, 0.1) is 24.1 Å². The van der Waals surface area contributed by atoms with E-state index in [0.29, 0.717) is 36.1 Å². The summed E-state index contributed by atoms with van der Waals surface area (Å²) in [5.74, 6) is 1.08. The summed E-state index contributed by atoms with van der Waals surface area (Å²) in [7, 11) is 0. The van der Waals surface area contributed by atoms with Crippen molar-refractivity contribution >= 4 is 11.5 Å². The Labute approximate surface area is 102 Å². The summed E-state index contributed by atoms with van der Waals surface area (Å²) in [4.78, 5) is 4.07. The van der Waals surface area contributed by atoms with Crippen molar-refractivity contribution in [1.29, 1.82) is 5.26 Å². The molecule has 0 atom stereocenters. The minimum Gasteiger partial charge on any atom is -0.397 e. The van der Waals surface area contributed by atoms with Crippen LogP contribution in [0, 0.1) is 17.2 Å². The largest absolute Gasteiger partial charge is 0.397 e. The number of hydrogen-bond donors (Lipinski definition) is 2. The van der Waals surface area contributed by atoms with E-state index >= 15 is 0 Å². The van der Waals surface area contributed by atoms with Crippen LogP contribution in [0.3, 0.4) is 0 Å². The second-order valence-electron chi connectivity index (χ2n) is 4.17. The molecule has 0 aliphatic heterocycles. The highest BCUT2D eigenvalue weighted by Gasteiger charge is 2.03. The Hall–Kier alpha value is -1.80. The number of nitrogen functional groups attached to an aromatic ring is 1. The van der Waals surface area contributed by atoms with Crippen molar-refractivity contribution in [3.8, 4) is 6.07 Å². The molecule has 3 N–H and O–H groups in total. The van der Waals surface area contributed by atoms with Gasteiger partial charge in [0.25, 0.3) is 0 Å². The van der Waals surface area contributed by atoms with Crippen molar-refractivity contribution in [2.24, 2.45) is 5.92 Å². The molecule has 5 heteroatoms. The number of nitriles is 1. The highest BCUT2D eigenvalue weighted by molar-refractivity contribution is 5.57. The molecule has 0 saturated carbocycles. The molecule has 0 amide bonds. The van der Waals surface area contributed by atoms with Crippen LogP contribution in [0.5, 0.6) is 0 Å². The molecule has 0 radical (unpaired) electrons. The summed E-state index contributed by atoms with van der Waals surface area (Å²) in [5.41, 5.74) is 6.49. The van der Waals surface area contributed by atoms with Gasteiger partial charge in [-0.25, -0.2) is 4.98 Å². The van der Waals surface area contributed by atoms with Crippen molar-refractivity contribution in [3.05, 3.63) is 17.8 Å². The van der Waals surface area contributed by atoms with Crippen LogP contribution in [0.1, 0.15) is 19.4 Å². The monoisotopic (exact) mass is 234 g/mol. The maximum absolute atomic E-state index is 8.90. The van der Waals surface area contributed by atoms with Crippen molar-refractivity contribution in [2.75, 3.05) is 30.8 Å². The van der Waals surface area contributed by atoms with Gasteiger partial charge in [0.1, 0.15) is 11.9 Å². The molecule has 92 valence electrons. The van der Waals surface area contributed by atoms with Gasteiger partial charge in [0.15, 0.2) is 0 Å². The molecule has 0 unspecified atom stereocenters. The Bertz CT molecular complexity index is 398. The Morgan fingerprint density at radius 1 is 1.59 bits per heavy atom. The molecule has 1 rings (SSSR count). The molecule has 1 aromatic heterocycles. The summed E-state index contributed by atoms with van der Waals surface area (Å²) in [6, 6.07) is 3.65. The molecule has 0 spiro atoms. The van der Waals surface area contributed by atoms with Gasteiger partial charge >= 0.3 is 0 Å². The van der Waals surface area contributed by atoms with Gasteiger partial charge in [-0.05, 0) is 12.0 Å². The van der Waals surface area contributed by atoms with E-state index in [-0.39, 0.29) is 0 Å². The molecule has 1 aromatic rings. The van der Waals surface area contributed by atoms with Crippen LogP contribution >= 0.6 is 0 Å². The summed E-state index contributed by atoms with van der Waals surface area (Å²) in [5, 5.41) is 12.0. The van der Waals surface area contributed by atoms with E-state index in [0.717, 1.165) is 6.61 Å². The lowest BCUT2D eigenvalue weighted by Gasteiger charge is -2.09. The number of pyridine rings is 1. The van der Waals surface area contributed by atoms with Gasteiger partial charge in [0, 0.05) is 13.2 Å². The van der Waals surface area contributed by atoms with E-state index in [9.17, 15) is 0 Å². The molecule has 0 aromatic carbocycles. The van der Waals surface area contributed by atoms with Crippen LogP contribution in [0.15, 0.2) is 12.3 Å². The van der Waals surface area contributed by atoms with Gasteiger partial charge in [-0.15, -0.1) is 0 Å². The highest BCUT2D eigenvalue weighted by Crippen LogP contribution is 2.13. The zero-order valence-electron chi connectivity index (χ0n) is 10.2. The molecule has 0 aliphatic rings. The molecule has 1 heterocycles. The smallest absolute Gasteiger partial charge is 0.144 e. The van der Waals surface area contributed by atoms with Crippen molar-refractivity contribution < 1.29 is 4.74 Å². The fourth-order valence-corrected chi connectivity index (χ4v) is 1.27. The van der Waals surface area contributed by atoms with Crippen molar-refractivity contribution in [3.63, 3.8) is 0 Å². The second-order valence-corrected chi connectivity index (χ2v) is 4.17. The third-order valence-electron chi connectivity index (χ3n) is 2.02. The van der Waals surface area contributed by atoms with Crippen molar-refractivity contribution in [2.45, 2.75) is 13.8 Å². The first-order chi connectivity index (χ1) is 8.13. The van der Waals surface area contributed by atoms with E-state index in [4.69, 9.17) is 15.7 Å². The number of nitrogens with two attached hydrogens (primary N) is 1. The second kappa shape index (κ2) is 6.71. The predicted molar refractivity (Wildman–Crippen MR) is 67.5 cm³/mol. The normalized spacial score (nSPS) is 10.2. The summed E-state index contributed by atoms with van der Waals surface area (Å²) in [6.07, 6.45) is 1.53. The Balaban J connectivity index is 2.39. The number of hydrogen-bond acceptors (Lipinski definition) is 5. The minimum absolute atomic E-state index is 0.453. The molecule has 17 heavy (non-hydrogen) atoms. The first-order valence-electron chi connectivity index (χ1n) is 5.60. The summed E-state index contributed by atoms with van der Waals surface area (Å²) >= 11 is 0. The quantitative estimate of drug-likeness (QED) is 0.731. The fourth-order valence-electron chi connectivity index (χ4n) is 1.27. The molecular weight excluding hydrogens is 216 g/mol. The van der Waals surface area contributed by atoms with Crippen LogP contribution < -0.4 is 11.1 Å². The minimum atomic E-state index is 0.453. The molecule has 5 nitrogen and oxygen atoms in total. The number of nitrogens with one attached hydrogen (secondary N) is 1. The topological polar surface area (TPSA) is 84.0 Å². The third kappa shape index (κ3) is 4.70. The predicted octanol–water partition coefficient (Wildman–Crippen LogP) is 1.62. The molecular formula is C12H18N4O. The molecule has 0 aliphatic carbocycles. The van der Waals surface area contributed by atoms with Gasteiger partial charge < -0.3 is 15.8 Å². The lowest BCUT2D eigenvalue weighted by Crippen LogP contribution is -2.13. The van der Waals surface area contributed by atoms with Crippen LogP contribution in [-0.2, 0) is 4.74 Å². The van der Waals surface area contributed by atoms with Crippen LogP contribution in [-0.4, -0.2) is 24.7 Å². The average Bonchev–Trinajstić information content (AvgIpc) is 2.29. The fraction of sp³-hybridized carbons (Fsp3) is 0.500. The maximum atomic E-state index is 8.90. The van der Waals surface area contributed by atoms with Crippen LogP contribution in [0.2, 0.25) is 0 Å². The van der Waals surface area contributed by atoms with Crippen LogP contribution in [0.4, 0.5) is 11.5 Å². The number of nitrogens with zero attached hydrogens (tertiary/aromatic N) is 2. The van der Waals surface area contributed by atoms with Gasteiger partial charge in [-0.1, -0.05) is 13.8 Å². The molecule has 0 fully saturated rings. The third-order valence-corrected chi connectivity index (χ3v) is 2.02. The Kier molecular flexibility index (Phi) is 5.24. The van der Waals surface area contributed by atoms with Crippen molar-refractivity contribution in [1.82, 2.24) is 4.98 Å². The SMILES string of the molecule is CC(C)COCCNc1ncc(N)cc1C#N. The van der Waals surface area contributed by atoms with Crippen LogP contribution in [0.25, 0.3) is 0 Å². The van der Waals surface area contributed by atoms with E-state index < -0.39 is 0 Å². The lowest BCUT2D eigenvalue weighted by molar-refractivity contribution is 0.118. The summed E-state index contributed by atoms with van der Waals surface area (Å²) < 4.78 is 5.42. The molecule has 0 bridgehead atoms. The number of rotatable bonds is 6. The first kappa shape index (κ1) is 13.3. The molecule has 0 saturated heterocycles. The zero-order valence-corrected chi connectivity index (χ0v) is 10.2. The Morgan fingerprint density at radius 2 is 2.35 bits per heavy atom. The van der Waals surface area contributed by atoms with E-state index in [2.05, 4.69) is 24.1 Å². The van der Waals surface area contributed by atoms with Gasteiger partial charge in [0.2, 0.25) is 0 Å². The lowest BCUT2D eigenvalue weighted by atomic mass is 10.2. The maximum Gasteiger partial charge on any atom is 0.144 e. The standard InChI is InChI=1S/C12H18N4O/c1-9(2)8-17-4-3-15-12-10(6-13)5-11(14)7-16-12/h5,7,9H,3-4,8,14H2,1-2H3,(H,15,16). The Morgan fingerprint density at radius 3 is 3.00 bits per heavy atom. The van der Waals surface area contributed by atoms with E-state index in [1.165, 1.54) is 6.20 Å². The van der Waals surface area contributed by atoms with Gasteiger partial charge in [-0.3, -0.25) is 0 Å². The number of ether oxygens (including phenoxy) is 1. The highest BCUT2D eigenvalue weighted by atomic mass is 16.5. The number of anilines is 2. The zero-order chi connectivity index (χ0) is 12.7. The summed E-state index contributed by atoms with van der Waals surface area (Å²) in [6.45, 7) is 6.15.